The number of carbonyl (C=O) groups is 1. The van der Waals surface area contributed by atoms with Crippen LogP contribution < -0.4 is 5.32 Å². The summed E-state index contributed by atoms with van der Waals surface area (Å²) in [6, 6.07) is 8.23. The molecule has 2 rings (SSSR count). The zero-order chi connectivity index (χ0) is 14.2. The number of unbranched alkanes of at least 4 members (excludes halogenated alkanes) is 1. The molecule has 1 heterocycles. The molecule has 1 aliphatic rings. The molecule has 1 aromatic rings. The van der Waals surface area contributed by atoms with Crippen LogP contribution in [0.25, 0.3) is 0 Å². The van der Waals surface area contributed by atoms with Crippen LogP contribution in [0, 0.1) is 0 Å². The molecular weight excluding hydrogens is 316 g/mol. The Morgan fingerprint density at radius 1 is 1.25 bits per heavy atom. The number of halogens is 1. The number of alkyl halides is 1. The molecule has 1 fully saturated rings. The third kappa shape index (κ3) is 5.25. The highest BCUT2D eigenvalue weighted by atomic mass is 79.9. The number of amides is 1. The lowest BCUT2D eigenvalue weighted by atomic mass is 10.2. The maximum atomic E-state index is 11.8. The molecule has 20 heavy (non-hydrogen) atoms. The molecule has 1 aromatic carbocycles. The predicted octanol–water partition coefficient (Wildman–Crippen LogP) is 3.79. The number of carbonyl (C=O) groups excluding carboxylic acids is 1. The zero-order valence-corrected chi connectivity index (χ0v) is 13.5. The van der Waals surface area contributed by atoms with E-state index in [0.29, 0.717) is 6.42 Å². The maximum absolute atomic E-state index is 11.8. The van der Waals surface area contributed by atoms with E-state index in [-0.39, 0.29) is 5.91 Å². The summed E-state index contributed by atoms with van der Waals surface area (Å²) in [5.74, 6) is 0.115. The molecule has 0 aliphatic carbocycles. The monoisotopic (exact) mass is 338 g/mol. The second-order valence-corrected chi connectivity index (χ2v) is 6.17. The number of nitrogens with zero attached hydrogens (tertiary/aromatic N) is 1. The van der Waals surface area contributed by atoms with Crippen LogP contribution >= 0.6 is 15.9 Å². The molecule has 1 saturated heterocycles. The maximum Gasteiger partial charge on any atom is 0.224 e. The Kier molecular flexibility index (Phi) is 6.54. The average Bonchev–Trinajstić information content (AvgIpc) is 2.92. The van der Waals surface area contributed by atoms with E-state index in [4.69, 9.17) is 0 Å². The van der Waals surface area contributed by atoms with Gasteiger partial charge in [0.2, 0.25) is 5.91 Å². The van der Waals surface area contributed by atoms with Gasteiger partial charge < -0.3 is 5.32 Å². The molecular formula is C16H23BrN2O. The Bertz CT molecular complexity index is 430. The summed E-state index contributed by atoms with van der Waals surface area (Å²) < 4.78 is 0. The van der Waals surface area contributed by atoms with Gasteiger partial charge in [0, 0.05) is 24.0 Å². The lowest BCUT2D eigenvalue weighted by Crippen LogP contribution is -2.18. The largest absolute Gasteiger partial charge is 0.326 e. The summed E-state index contributed by atoms with van der Waals surface area (Å²) >= 11 is 3.38. The highest BCUT2D eigenvalue weighted by Crippen LogP contribution is 2.16. The van der Waals surface area contributed by atoms with Gasteiger partial charge in [0.1, 0.15) is 0 Å². The van der Waals surface area contributed by atoms with Crippen molar-refractivity contribution in [3.8, 4) is 0 Å². The Balaban J connectivity index is 1.83. The van der Waals surface area contributed by atoms with Crippen molar-refractivity contribution in [3.63, 3.8) is 0 Å². The lowest BCUT2D eigenvalue weighted by Gasteiger charge is -2.15. The Labute approximate surface area is 129 Å². The van der Waals surface area contributed by atoms with Crippen LogP contribution in [0.15, 0.2) is 24.3 Å². The van der Waals surface area contributed by atoms with Crippen molar-refractivity contribution in [2.75, 3.05) is 23.7 Å². The topological polar surface area (TPSA) is 32.3 Å². The molecule has 1 N–H and O–H groups in total. The smallest absolute Gasteiger partial charge is 0.224 e. The SMILES string of the molecule is O=C(CCCCBr)Nc1cccc(CN2CCCC2)c1. The van der Waals surface area contributed by atoms with Crippen molar-refractivity contribution in [2.45, 2.75) is 38.6 Å². The fraction of sp³-hybridized carbons (Fsp3) is 0.562. The number of likely N-dealkylation sites (tertiary alicyclic amines) is 1. The highest BCUT2D eigenvalue weighted by molar-refractivity contribution is 9.09. The molecule has 4 heteroatoms. The van der Waals surface area contributed by atoms with Crippen molar-refractivity contribution in [1.82, 2.24) is 4.90 Å². The first-order chi connectivity index (χ1) is 9.78. The Morgan fingerprint density at radius 3 is 2.80 bits per heavy atom. The molecule has 0 unspecified atom stereocenters. The van der Waals surface area contributed by atoms with Crippen molar-refractivity contribution in [2.24, 2.45) is 0 Å². The molecule has 0 saturated carbocycles. The van der Waals surface area contributed by atoms with E-state index in [2.05, 4.69) is 38.3 Å². The van der Waals surface area contributed by atoms with Gasteiger partial charge in [-0.05, 0) is 56.5 Å². The number of benzene rings is 1. The summed E-state index contributed by atoms with van der Waals surface area (Å²) in [6.07, 6.45) is 5.20. The van der Waals surface area contributed by atoms with Crippen LogP contribution in [0.4, 0.5) is 5.69 Å². The minimum absolute atomic E-state index is 0.115. The molecule has 0 bridgehead atoms. The summed E-state index contributed by atoms with van der Waals surface area (Å²) in [7, 11) is 0. The van der Waals surface area contributed by atoms with Gasteiger partial charge >= 0.3 is 0 Å². The van der Waals surface area contributed by atoms with Crippen LogP contribution in [-0.4, -0.2) is 29.2 Å². The van der Waals surface area contributed by atoms with Crippen molar-refractivity contribution >= 4 is 27.5 Å². The first-order valence-corrected chi connectivity index (χ1v) is 8.57. The fourth-order valence-electron chi connectivity index (χ4n) is 2.55. The van der Waals surface area contributed by atoms with Crippen LogP contribution in [0.1, 0.15) is 37.7 Å². The number of rotatable bonds is 7. The summed E-state index contributed by atoms with van der Waals surface area (Å²) in [4.78, 5) is 14.3. The third-order valence-electron chi connectivity index (χ3n) is 3.60. The van der Waals surface area contributed by atoms with Crippen LogP contribution in [0.2, 0.25) is 0 Å². The van der Waals surface area contributed by atoms with E-state index in [1.807, 2.05) is 12.1 Å². The van der Waals surface area contributed by atoms with E-state index in [1.54, 1.807) is 0 Å². The first-order valence-electron chi connectivity index (χ1n) is 7.45. The van der Waals surface area contributed by atoms with Crippen molar-refractivity contribution < 1.29 is 4.79 Å². The van der Waals surface area contributed by atoms with E-state index in [0.717, 1.165) is 30.4 Å². The molecule has 0 atom stereocenters. The molecule has 110 valence electrons. The van der Waals surface area contributed by atoms with Gasteiger partial charge in [-0.25, -0.2) is 0 Å². The van der Waals surface area contributed by atoms with Crippen LogP contribution in [-0.2, 0) is 11.3 Å². The van der Waals surface area contributed by atoms with E-state index in [1.165, 1.54) is 31.5 Å². The molecule has 1 amide bonds. The van der Waals surface area contributed by atoms with Gasteiger partial charge in [-0.1, -0.05) is 28.1 Å². The standard InChI is InChI=1S/C16H23BrN2O/c17-9-2-1-8-16(20)18-15-7-5-6-14(12-15)13-19-10-3-4-11-19/h5-7,12H,1-4,8-11,13H2,(H,18,20). The van der Waals surface area contributed by atoms with E-state index >= 15 is 0 Å². The second-order valence-electron chi connectivity index (χ2n) is 5.38. The van der Waals surface area contributed by atoms with E-state index < -0.39 is 0 Å². The predicted molar refractivity (Wildman–Crippen MR) is 87.2 cm³/mol. The number of nitrogens with one attached hydrogen (secondary N) is 1. The summed E-state index contributed by atoms with van der Waals surface area (Å²) in [6.45, 7) is 3.39. The molecule has 0 spiro atoms. The molecule has 1 aliphatic heterocycles. The van der Waals surface area contributed by atoms with Gasteiger partial charge in [0.05, 0.1) is 0 Å². The van der Waals surface area contributed by atoms with Gasteiger partial charge in [-0.2, -0.15) is 0 Å². The molecule has 0 aromatic heterocycles. The second kappa shape index (κ2) is 8.42. The highest BCUT2D eigenvalue weighted by Gasteiger charge is 2.12. The summed E-state index contributed by atoms with van der Waals surface area (Å²) in [5.41, 5.74) is 2.20. The number of hydrogen-bond acceptors (Lipinski definition) is 2. The van der Waals surface area contributed by atoms with Gasteiger partial charge in [-0.3, -0.25) is 9.69 Å². The average molecular weight is 339 g/mol. The number of anilines is 1. The first kappa shape index (κ1) is 15.5. The Morgan fingerprint density at radius 2 is 2.05 bits per heavy atom. The zero-order valence-electron chi connectivity index (χ0n) is 11.9. The lowest BCUT2D eigenvalue weighted by molar-refractivity contribution is -0.116. The Hall–Kier alpha value is -0.870. The fourth-order valence-corrected chi connectivity index (χ4v) is 2.95. The normalized spacial score (nSPS) is 15.4. The number of hydrogen-bond donors (Lipinski definition) is 1. The van der Waals surface area contributed by atoms with Gasteiger partial charge in [0.25, 0.3) is 0 Å². The molecule has 0 radical (unpaired) electrons. The van der Waals surface area contributed by atoms with Gasteiger partial charge in [-0.15, -0.1) is 0 Å². The van der Waals surface area contributed by atoms with Gasteiger partial charge in [0.15, 0.2) is 0 Å². The van der Waals surface area contributed by atoms with Crippen molar-refractivity contribution in [3.05, 3.63) is 29.8 Å². The van der Waals surface area contributed by atoms with Crippen LogP contribution in [0.5, 0.6) is 0 Å². The third-order valence-corrected chi connectivity index (χ3v) is 4.16. The van der Waals surface area contributed by atoms with Crippen LogP contribution in [0.3, 0.4) is 0 Å². The minimum atomic E-state index is 0.115. The summed E-state index contributed by atoms with van der Waals surface area (Å²) in [5, 5.41) is 3.96. The van der Waals surface area contributed by atoms with Crippen molar-refractivity contribution in [1.29, 1.82) is 0 Å². The quantitative estimate of drug-likeness (QED) is 0.606. The van der Waals surface area contributed by atoms with E-state index in [9.17, 15) is 4.79 Å². The molecule has 3 nitrogen and oxygen atoms in total. The minimum Gasteiger partial charge on any atom is -0.326 e.